The van der Waals surface area contributed by atoms with Gasteiger partial charge in [0, 0.05) is 32.9 Å². The maximum absolute atomic E-state index is 12.2. The summed E-state index contributed by atoms with van der Waals surface area (Å²) in [5.41, 5.74) is 0.664. The van der Waals surface area contributed by atoms with Crippen LogP contribution in [0.25, 0.3) is 0 Å². The minimum absolute atomic E-state index is 0.0196. The van der Waals surface area contributed by atoms with Crippen LogP contribution in [-0.2, 0) is 7.05 Å². The third-order valence-corrected chi connectivity index (χ3v) is 4.15. The Morgan fingerprint density at radius 2 is 2.17 bits per heavy atom. The van der Waals surface area contributed by atoms with Gasteiger partial charge < -0.3 is 10.0 Å². The minimum Gasteiger partial charge on any atom is -0.396 e. The zero-order chi connectivity index (χ0) is 13.2. The van der Waals surface area contributed by atoms with Crippen LogP contribution < -0.4 is 0 Å². The molecule has 0 aliphatic carbocycles. The van der Waals surface area contributed by atoms with Gasteiger partial charge in [-0.3, -0.25) is 9.48 Å². The average Bonchev–Trinajstić information content (AvgIpc) is 2.85. The van der Waals surface area contributed by atoms with Crippen LogP contribution in [0.5, 0.6) is 0 Å². The van der Waals surface area contributed by atoms with Gasteiger partial charge in [-0.05, 0) is 24.7 Å². The van der Waals surface area contributed by atoms with Gasteiger partial charge >= 0.3 is 0 Å². The smallest absolute Gasteiger partial charge is 0.257 e. The van der Waals surface area contributed by atoms with Gasteiger partial charge in [0.25, 0.3) is 5.91 Å². The average molecular weight is 251 g/mol. The lowest BCUT2D eigenvalue weighted by molar-refractivity contribution is 0.0338. The fourth-order valence-corrected chi connectivity index (χ4v) is 2.52. The molecule has 2 rings (SSSR count). The summed E-state index contributed by atoms with van der Waals surface area (Å²) in [6.45, 7) is 3.78. The van der Waals surface area contributed by atoms with Crippen molar-refractivity contribution in [2.75, 3.05) is 19.7 Å². The number of rotatable bonds is 3. The number of carbonyl (C=O) groups is 1. The Labute approximate surface area is 107 Å². The molecule has 0 radical (unpaired) electrons. The van der Waals surface area contributed by atoms with E-state index >= 15 is 0 Å². The van der Waals surface area contributed by atoms with Crippen molar-refractivity contribution in [1.82, 2.24) is 14.7 Å². The highest BCUT2D eigenvalue weighted by Gasteiger charge is 2.34. The Morgan fingerprint density at radius 3 is 2.61 bits per heavy atom. The van der Waals surface area contributed by atoms with E-state index in [1.807, 2.05) is 4.90 Å². The van der Waals surface area contributed by atoms with Crippen molar-refractivity contribution in [2.45, 2.75) is 26.2 Å². The fraction of sp³-hybridized carbons (Fsp3) is 0.692. The molecule has 1 aromatic rings. The monoisotopic (exact) mass is 251 g/mol. The fourth-order valence-electron chi connectivity index (χ4n) is 2.52. The number of hydrogen-bond acceptors (Lipinski definition) is 3. The van der Waals surface area contributed by atoms with Gasteiger partial charge in [-0.1, -0.05) is 6.92 Å². The van der Waals surface area contributed by atoms with Crippen molar-refractivity contribution in [1.29, 1.82) is 0 Å². The van der Waals surface area contributed by atoms with Crippen LogP contribution in [0.15, 0.2) is 12.4 Å². The standard InChI is InChI=1S/C13H21N3O2/c1-3-13(10-17)4-6-16(7-5-13)12(18)11-8-14-15(2)9-11/h8-9,17H,3-7,10H2,1-2H3. The number of nitrogens with zero attached hydrogens (tertiary/aromatic N) is 3. The molecule has 100 valence electrons. The molecule has 1 N–H and O–H groups in total. The number of hydrogen-bond donors (Lipinski definition) is 1. The summed E-state index contributed by atoms with van der Waals surface area (Å²) in [6.07, 6.45) is 6.09. The maximum atomic E-state index is 12.2. The van der Waals surface area contributed by atoms with Crippen LogP contribution in [-0.4, -0.2) is 45.4 Å². The van der Waals surface area contributed by atoms with Crippen LogP contribution in [0.3, 0.4) is 0 Å². The Kier molecular flexibility index (Phi) is 3.71. The second kappa shape index (κ2) is 5.10. The highest BCUT2D eigenvalue weighted by atomic mass is 16.3. The topological polar surface area (TPSA) is 58.4 Å². The van der Waals surface area contributed by atoms with E-state index in [-0.39, 0.29) is 17.9 Å². The van der Waals surface area contributed by atoms with Gasteiger partial charge in [-0.15, -0.1) is 0 Å². The van der Waals surface area contributed by atoms with E-state index < -0.39 is 0 Å². The molecule has 0 atom stereocenters. The molecule has 5 heteroatoms. The number of carbonyl (C=O) groups excluding carboxylic acids is 1. The first-order valence-electron chi connectivity index (χ1n) is 6.49. The lowest BCUT2D eigenvalue weighted by atomic mass is 9.77. The Balaban J connectivity index is 1.99. The minimum atomic E-state index is 0.0196. The molecule has 5 nitrogen and oxygen atoms in total. The lowest BCUT2D eigenvalue weighted by Crippen LogP contribution is -2.44. The largest absolute Gasteiger partial charge is 0.396 e. The second-order valence-electron chi connectivity index (χ2n) is 5.21. The molecule has 18 heavy (non-hydrogen) atoms. The summed E-state index contributed by atoms with van der Waals surface area (Å²) < 4.78 is 1.64. The van der Waals surface area contributed by atoms with Crippen molar-refractivity contribution >= 4 is 5.91 Å². The van der Waals surface area contributed by atoms with E-state index in [1.54, 1.807) is 24.1 Å². The molecule has 0 unspecified atom stereocenters. The third-order valence-electron chi connectivity index (χ3n) is 4.15. The number of likely N-dealkylation sites (tertiary alicyclic amines) is 1. The Morgan fingerprint density at radius 1 is 1.50 bits per heavy atom. The quantitative estimate of drug-likeness (QED) is 0.873. The predicted molar refractivity (Wildman–Crippen MR) is 68.2 cm³/mol. The van der Waals surface area contributed by atoms with Gasteiger partial charge in [0.05, 0.1) is 11.8 Å². The zero-order valence-corrected chi connectivity index (χ0v) is 11.1. The Hall–Kier alpha value is -1.36. The summed E-state index contributed by atoms with van der Waals surface area (Å²) in [4.78, 5) is 14.1. The number of amides is 1. The molecule has 1 aromatic heterocycles. The summed E-state index contributed by atoms with van der Waals surface area (Å²) in [5.74, 6) is 0.0470. The van der Waals surface area contributed by atoms with E-state index in [0.29, 0.717) is 5.56 Å². The van der Waals surface area contributed by atoms with Crippen LogP contribution in [0, 0.1) is 5.41 Å². The normalized spacial score (nSPS) is 18.9. The van der Waals surface area contributed by atoms with Crippen molar-refractivity contribution < 1.29 is 9.90 Å². The van der Waals surface area contributed by atoms with Crippen LogP contribution in [0.2, 0.25) is 0 Å². The maximum Gasteiger partial charge on any atom is 0.257 e. The number of aliphatic hydroxyl groups excluding tert-OH is 1. The summed E-state index contributed by atoms with van der Waals surface area (Å²) >= 11 is 0. The highest BCUT2D eigenvalue weighted by Crippen LogP contribution is 2.34. The van der Waals surface area contributed by atoms with E-state index in [2.05, 4.69) is 12.0 Å². The predicted octanol–water partition coefficient (Wildman–Crippen LogP) is 1.04. The van der Waals surface area contributed by atoms with Crippen LogP contribution in [0.1, 0.15) is 36.5 Å². The molecule has 0 bridgehead atoms. The first kappa shape index (κ1) is 13.1. The summed E-state index contributed by atoms with van der Waals surface area (Å²) in [7, 11) is 1.81. The van der Waals surface area contributed by atoms with Crippen LogP contribution in [0.4, 0.5) is 0 Å². The number of aliphatic hydroxyl groups is 1. The molecule has 0 saturated carbocycles. The summed E-state index contributed by atoms with van der Waals surface area (Å²) in [5, 5.41) is 13.5. The van der Waals surface area contributed by atoms with Gasteiger partial charge in [0.2, 0.25) is 0 Å². The Bertz CT molecular complexity index is 414. The molecule has 2 heterocycles. The van der Waals surface area contributed by atoms with Gasteiger partial charge in [-0.2, -0.15) is 5.10 Å². The number of aromatic nitrogens is 2. The van der Waals surface area contributed by atoms with Gasteiger partial charge in [-0.25, -0.2) is 0 Å². The summed E-state index contributed by atoms with van der Waals surface area (Å²) in [6, 6.07) is 0. The molecule has 0 spiro atoms. The van der Waals surface area contributed by atoms with Crippen molar-refractivity contribution in [3.8, 4) is 0 Å². The van der Waals surface area contributed by atoms with E-state index in [1.165, 1.54) is 0 Å². The molecule has 1 fully saturated rings. The van der Waals surface area contributed by atoms with Gasteiger partial charge in [0.15, 0.2) is 0 Å². The van der Waals surface area contributed by atoms with Gasteiger partial charge in [0.1, 0.15) is 0 Å². The lowest BCUT2D eigenvalue weighted by Gasteiger charge is -2.40. The van der Waals surface area contributed by atoms with Crippen molar-refractivity contribution in [3.63, 3.8) is 0 Å². The molecule has 1 saturated heterocycles. The molecular weight excluding hydrogens is 230 g/mol. The molecule has 0 aromatic carbocycles. The van der Waals surface area contributed by atoms with Crippen molar-refractivity contribution in [2.24, 2.45) is 12.5 Å². The first-order chi connectivity index (χ1) is 8.60. The number of piperidine rings is 1. The molecule has 1 aliphatic heterocycles. The van der Waals surface area contributed by atoms with E-state index in [4.69, 9.17) is 0 Å². The molecular formula is C13H21N3O2. The SMILES string of the molecule is CCC1(CO)CCN(C(=O)c2cnn(C)c2)CC1. The number of aryl methyl sites for hydroxylation is 1. The second-order valence-corrected chi connectivity index (χ2v) is 5.21. The zero-order valence-electron chi connectivity index (χ0n) is 11.1. The van der Waals surface area contributed by atoms with E-state index in [0.717, 1.165) is 32.4 Å². The molecule has 1 amide bonds. The highest BCUT2D eigenvalue weighted by molar-refractivity contribution is 5.93. The molecule has 1 aliphatic rings. The van der Waals surface area contributed by atoms with Crippen LogP contribution >= 0.6 is 0 Å². The first-order valence-corrected chi connectivity index (χ1v) is 6.49. The van der Waals surface area contributed by atoms with Crippen molar-refractivity contribution in [3.05, 3.63) is 18.0 Å². The van der Waals surface area contributed by atoms with E-state index in [9.17, 15) is 9.90 Å². The third kappa shape index (κ3) is 2.41.